The van der Waals surface area contributed by atoms with Crippen molar-refractivity contribution in [2.24, 2.45) is 18.0 Å². The maximum absolute atomic E-state index is 5.73. The zero-order chi connectivity index (χ0) is 21.8. The number of hydrogen-bond donors (Lipinski definition) is 2. The molecule has 0 bridgehead atoms. The Labute approximate surface area is 181 Å². The number of fused-ring (bicyclic) bond motifs is 1. The SMILES string of the molecule is Cc1c(-c2ccc(N)cc2)ccc(N(C)C)c1C.Cn1c(=NN)sc2ccccc21. The first-order chi connectivity index (χ1) is 14.3. The van der Waals surface area contributed by atoms with Gasteiger partial charge >= 0.3 is 0 Å². The molecule has 3 aromatic carbocycles. The molecular formula is C24H29N5S. The molecule has 0 atom stereocenters. The molecule has 6 heteroatoms. The number of aromatic nitrogens is 1. The Kier molecular flexibility index (Phi) is 6.47. The largest absolute Gasteiger partial charge is 0.399 e. The highest BCUT2D eigenvalue weighted by Crippen LogP contribution is 2.31. The van der Waals surface area contributed by atoms with Crippen LogP contribution in [0.5, 0.6) is 0 Å². The maximum Gasteiger partial charge on any atom is 0.208 e. The molecule has 0 aliphatic heterocycles. The van der Waals surface area contributed by atoms with Gasteiger partial charge in [0, 0.05) is 32.5 Å². The van der Waals surface area contributed by atoms with Crippen LogP contribution in [-0.4, -0.2) is 18.7 Å². The number of para-hydroxylation sites is 1. The second-order valence-electron chi connectivity index (χ2n) is 7.44. The minimum absolute atomic E-state index is 0.804. The standard InChI is InChI=1S/C16H20N2.C8H9N3S/c1-11-12(2)16(18(3)4)10-9-15(11)13-5-7-14(17)8-6-13;1-11-6-4-2-3-5-7(6)12-8(11)10-9/h5-10H,17H2,1-4H3;2-5H,9H2,1H3. The van der Waals surface area contributed by atoms with Crippen molar-refractivity contribution in [3.63, 3.8) is 0 Å². The highest BCUT2D eigenvalue weighted by Gasteiger charge is 2.09. The quantitative estimate of drug-likeness (QED) is 0.283. The minimum atomic E-state index is 0.804. The van der Waals surface area contributed by atoms with Gasteiger partial charge in [0.2, 0.25) is 4.80 Å². The van der Waals surface area contributed by atoms with Gasteiger partial charge in [0.05, 0.1) is 10.2 Å². The van der Waals surface area contributed by atoms with Crippen molar-refractivity contribution < 1.29 is 0 Å². The summed E-state index contributed by atoms with van der Waals surface area (Å²) in [7, 11) is 6.11. The molecule has 5 nitrogen and oxygen atoms in total. The van der Waals surface area contributed by atoms with Crippen molar-refractivity contribution in [1.29, 1.82) is 0 Å². The molecule has 0 radical (unpaired) electrons. The summed E-state index contributed by atoms with van der Waals surface area (Å²) in [5.74, 6) is 5.23. The van der Waals surface area contributed by atoms with Crippen LogP contribution in [0.4, 0.5) is 11.4 Å². The van der Waals surface area contributed by atoms with Crippen molar-refractivity contribution in [2.45, 2.75) is 13.8 Å². The molecule has 1 aromatic heterocycles. The molecular weight excluding hydrogens is 390 g/mol. The van der Waals surface area contributed by atoms with Crippen molar-refractivity contribution in [1.82, 2.24) is 4.57 Å². The lowest BCUT2D eigenvalue weighted by Crippen LogP contribution is -2.11. The first kappa shape index (κ1) is 21.5. The Bertz CT molecular complexity index is 1220. The molecule has 0 saturated carbocycles. The average molecular weight is 420 g/mol. The summed E-state index contributed by atoms with van der Waals surface area (Å²) in [5, 5.41) is 3.69. The molecule has 0 amide bonds. The number of aryl methyl sites for hydroxylation is 1. The smallest absolute Gasteiger partial charge is 0.208 e. The third-order valence-electron chi connectivity index (χ3n) is 5.29. The second kappa shape index (κ2) is 9.05. The molecule has 0 fully saturated rings. The summed E-state index contributed by atoms with van der Waals surface area (Å²) in [6, 6.07) is 20.5. The van der Waals surface area contributed by atoms with E-state index in [0.717, 1.165) is 10.5 Å². The van der Waals surface area contributed by atoms with Crippen LogP contribution in [0.2, 0.25) is 0 Å². The van der Waals surface area contributed by atoms with Crippen molar-refractivity contribution in [3.05, 3.63) is 76.6 Å². The fourth-order valence-corrected chi connectivity index (χ4v) is 4.41. The zero-order valence-electron chi connectivity index (χ0n) is 18.2. The van der Waals surface area contributed by atoms with Gasteiger partial charge in [-0.2, -0.15) is 5.10 Å². The number of nitrogens with two attached hydrogens (primary N) is 2. The Morgan fingerprint density at radius 3 is 2.17 bits per heavy atom. The van der Waals surface area contributed by atoms with Gasteiger partial charge in [0.15, 0.2) is 0 Å². The minimum Gasteiger partial charge on any atom is -0.399 e. The predicted octanol–water partition coefficient (Wildman–Crippen LogP) is 4.63. The van der Waals surface area contributed by atoms with Crippen LogP contribution in [-0.2, 0) is 7.05 Å². The van der Waals surface area contributed by atoms with Crippen LogP contribution in [0.1, 0.15) is 11.1 Å². The Balaban J connectivity index is 0.000000184. The van der Waals surface area contributed by atoms with Gasteiger partial charge in [-0.05, 0) is 66.4 Å². The van der Waals surface area contributed by atoms with Crippen LogP contribution in [0.3, 0.4) is 0 Å². The van der Waals surface area contributed by atoms with Crippen LogP contribution in [0.25, 0.3) is 21.3 Å². The monoisotopic (exact) mass is 419 g/mol. The maximum atomic E-state index is 5.73. The molecule has 0 saturated heterocycles. The predicted molar refractivity (Wildman–Crippen MR) is 131 cm³/mol. The molecule has 156 valence electrons. The normalized spacial score (nSPS) is 11.3. The molecule has 4 aromatic rings. The van der Waals surface area contributed by atoms with E-state index in [2.05, 4.69) is 74.3 Å². The molecule has 0 spiro atoms. The van der Waals surface area contributed by atoms with E-state index in [0.29, 0.717) is 0 Å². The van der Waals surface area contributed by atoms with Gasteiger partial charge in [-0.3, -0.25) is 0 Å². The lowest BCUT2D eigenvalue weighted by molar-refractivity contribution is 0.888. The first-order valence-electron chi connectivity index (χ1n) is 9.75. The summed E-state index contributed by atoms with van der Waals surface area (Å²) in [5.41, 5.74) is 14.1. The van der Waals surface area contributed by atoms with Gasteiger partial charge in [0.25, 0.3) is 0 Å². The van der Waals surface area contributed by atoms with Gasteiger partial charge in [-0.15, -0.1) is 0 Å². The number of nitrogen functional groups attached to an aromatic ring is 1. The van der Waals surface area contributed by atoms with E-state index in [1.807, 2.05) is 35.9 Å². The van der Waals surface area contributed by atoms with E-state index in [9.17, 15) is 0 Å². The highest BCUT2D eigenvalue weighted by molar-refractivity contribution is 7.16. The fourth-order valence-electron chi connectivity index (χ4n) is 3.47. The average Bonchev–Trinajstić information content (AvgIpc) is 3.07. The van der Waals surface area contributed by atoms with E-state index in [1.54, 1.807) is 11.3 Å². The Morgan fingerprint density at radius 2 is 1.57 bits per heavy atom. The topological polar surface area (TPSA) is 72.6 Å². The van der Waals surface area contributed by atoms with Crippen LogP contribution >= 0.6 is 11.3 Å². The molecule has 0 unspecified atom stereocenters. The first-order valence-corrected chi connectivity index (χ1v) is 10.6. The highest BCUT2D eigenvalue weighted by atomic mass is 32.1. The summed E-state index contributed by atoms with van der Waals surface area (Å²) in [4.78, 5) is 2.99. The van der Waals surface area contributed by atoms with Crippen molar-refractivity contribution in [2.75, 3.05) is 24.7 Å². The second-order valence-corrected chi connectivity index (χ2v) is 8.45. The Hall–Kier alpha value is -3.25. The summed E-state index contributed by atoms with van der Waals surface area (Å²) in [6.07, 6.45) is 0. The molecule has 0 aliphatic carbocycles. The van der Waals surface area contributed by atoms with Gasteiger partial charge < -0.3 is 21.0 Å². The molecule has 0 aliphatic rings. The number of benzene rings is 3. The lowest BCUT2D eigenvalue weighted by Gasteiger charge is -2.19. The number of nitrogens with zero attached hydrogens (tertiary/aromatic N) is 3. The van der Waals surface area contributed by atoms with Crippen molar-refractivity contribution in [3.8, 4) is 11.1 Å². The molecule has 1 heterocycles. The summed E-state index contributed by atoms with van der Waals surface area (Å²) >= 11 is 1.60. The summed E-state index contributed by atoms with van der Waals surface area (Å²) < 4.78 is 3.20. The number of rotatable bonds is 2. The van der Waals surface area contributed by atoms with E-state index in [-0.39, 0.29) is 0 Å². The number of hydrogen-bond acceptors (Lipinski definition) is 5. The van der Waals surface area contributed by atoms with Gasteiger partial charge in [-0.25, -0.2) is 0 Å². The molecule has 4 rings (SSSR count). The third kappa shape index (κ3) is 4.33. The van der Waals surface area contributed by atoms with E-state index in [1.165, 1.54) is 38.2 Å². The van der Waals surface area contributed by atoms with Crippen molar-refractivity contribution >= 4 is 32.9 Å². The number of anilines is 2. The van der Waals surface area contributed by atoms with Gasteiger partial charge in [0.1, 0.15) is 0 Å². The van der Waals surface area contributed by atoms with E-state index >= 15 is 0 Å². The Morgan fingerprint density at radius 1 is 0.900 bits per heavy atom. The molecule has 30 heavy (non-hydrogen) atoms. The fraction of sp³-hybridized carbons (Fsp3) is 0.208. The van der Waals surface area contributed by atoms with E-state index < -0.39 is 0 Å². The van der Waals surface area contributed by atoms with Crippen LogP contribution < -0.4 is 21.3 Å². The number of thiazole rings is 1. The van der Waals surface area contributed by atoms with E-state index in [4.69, 9.17) is 11.6 Å². The summed E-state index contributed by atoms with van der Waals surface area (Å²) in [6.45, 7) is 4.35. The van der Waals surface area contributed by atoms with Crippen LogP contribution in [0.15, 0.2) is 65.8 Å². The molecule has 4 N–H and O–H groups in total. The lowest BCUT2D eigenvalue weighted by atomic mass is 9.95. The third-order valence-corrected chi connectivity index (χ3v) is 6.41. The van der Waals surface area contributed by atoms with Gasteiger partial charge in [-0.1, -0.05) is 41.7 Å². The zero-order valence-corrected chi connectivity index (χ0v) is 19.0. The van der Waals surface area contributed by atoms with Crippen LogP contribution in [0, 0.1) is 13.8 Å².